The zero-order chi connectivity index (χ0) is 10.7. The molecule has 1 aromatic rings. The standard InChI is InChI=1S/C9H14N4O2/c1-9(5-15-6-9)4-10-8(14)12-7-2-3-11-13-7/h2-3H,4-6H2,1H3,(H3,10,11,12,13,14). The molecule has 0 saturated carbocycles. The molecule has 2 amide bonds. The van der Waals surface area contributed by atoms with E-state index in [1.54, 1.807) is 12.3 Å². The number of anilines is 1. The molecule has 0 bridgehead atoms. The summed E-state index contributed by atoms with van der Waals surface area (Å²) in [5, 5.41) is 11.8. The summed E-state index contributed by atoms with van der Waals surface area (Å²) in [4.78, 5) is 11.4. The fourth-order valence-electron chi connectivity index (χ4n) is 1.34. The van der Waals surface area contributed by atoms with Gasteiger partial charge in [-0.15, -0.1) is 0 Å². The Morgan fingerprint density at radius 2 is 2.53 bits per heavy atom. The van der Waals surface area contributed by atoms with Gasteiger partial charge >= 0.3 is 6.03 Å². The molecule has 0 aliphatic carbocycles. The van der Waals surface area contributed by atoms with Crippen LogP contribution in [0.4, 0.5) is 10.6 Å². The smallest absolute Gasteiger partial charge is 0.320 e. The first kappa shape index (κ1) is 9.97. The quantitative estimate of drug-likeness (QED) is 0.682. The first-order valence-electron chi connectivity index (χ1n) is 4.80. The molecule has 2 heterocycles. The molecular formula is C9H14N4O2. The van der Waals surface area contributed by atoms with Gasteiger partial charge in [0, 0.05) is 18.0 Å². The van der Waals surface area contributed by atoms with Gasteiger partial charge in [0.25, 0.3) is 0 Å². The van der Waals surface area contributed by atoms with E-state index < -0.39 is 0 Å². The molecule has 0 atom stereocenters. The van der Waals surface area contributed by atoms with Crippen molar-refractivity contribution in [3.63, 3.8) is 0 Å². The molecule has 0 unspecified atom stereocenters. The normalized spacial score (nSPS) is 17.9. The Morgan fingerprint density at radius 1 is 1.73 bits per heavy atom. The number of ether oxygens (including phenoxy) is 1. The molecule has 6 heteroatoms. The van der Waals surface area contributed by atoms with Gasteiger partial charge in [0.15, 0.2) is 0 Å². The lowest BCUT2D eigenvalue weighted by Crippen LogP contribution is -2.49. The molecule has 0 spiro atoms. The second-order valence-corrected chi connectivity index (χ2v) is 4.08. The third-order valence-corrected chi connectivity index (χ3v) is 2.33. The van der Waals surface area contributed by atoms with Gasteiger partial charge in [0.1, 0.15) is 5.82 Å². The van der Waals surface area contributed by atoms with Crippen LogP contribution in [0.1, 0.15) is 6.92 Å². The Kier molecular flexibility index (Phi) is 2.59. The number of H-pyrrole nitrogens is 1. The summed E-state index contributed by atoms with van der Waals surface area (Å²) in [7, 11) is 0. The number of aromatic nitrogens is 2. The highest BCUT2D eigenvalue weighted by Crippen LogP contribution is 2.24. The van der Waals surface area contributed by atoms with E-state index in [1.807, 2.05) is 0 Å². The number of aromatic amines is 1. The van der Waals surface area contributed by atoms with Crippen LogP contribution in [0.15, 0.2) is 12.3 Å². The van der Waals surface area contributed by atoms with E-state index in [4.69, 9.17) is 4.74 Å². The average molecular weight is 210 g/mol. The summed E-state index contributed by atoms with van der Waals surface area (Å²) < 4.78 is 5.09. The molecule has 1 aliphatic heterocycles. The topological polar surface area (TPSA) is 79.0 Å². The van der Waals surface area contributed by atoms with Crippen LogP contribution < -0.4 is 10.6 Å². The summed E-state index contributed by atoms with van der Waals surface area (Å²) in [5.41, 5.74) is 0.0886. The minimum absolute atomic E-state index is 0.0886. The third kappa shape index (κ3) is 2.47. The second-order valence-electron chi connectivity index (χ2n) is 4.08. The monoisotopic (exact) mass is 210 g/mol. The molecule has 1 aliphatic rings. The molecule has 1 fully saturated rings. The van der Waals surface area contributed by atoms with E-state index in [0.29, 0.717) is 25.6 Å². The summed E-state index contributed by atoms with van der Waals surface area (Å²) >= 11 is 0. The van der Waals surface area contributed by atoms with Gasteiger partial charge in [-0.2, -0.15) is 5.10 Å². The van der Waals surface area contributed by atoms with Crippen molar-refractivity contribution >= 4 is 11.8 Å². The van der Waals surface area contributed by atoms with Crippen molar-refractivity contribution in [3.05, 3.63) is 12.3 Å². The number of nitrogens with one attached hydrogen (secondary N) is 3. The van der Waals surface area contributed by atoms with Gasteiger partial charge in [-0.05, 0) is 0 Å². The molecule has 1 aromatic heterocycles. The first-order valence-corrected chi connectivity index (χ1v) is 4.80. The number of amides is 2. The Labute approximate surface area is 87.4 Å². The Morgan fingerprint density at radius 3 is 3.07 bits per heavy atom. The van der Waals surface area contributed by atoms with Crippen LogP contribution in [0.5, 0.6) is 0 Å². The average Bonchev–Trinajstić information content (AvgIpc) is 2.64. The fraction of sp³-hybridized carbons (Fsp3) is 0.556. The van der Waals surface area contributed by atoms with E-state index in [9.17, 15) is 4.79 Å². The lowest BCUT2D eigenvalue weighted by molar-refractivity contribution is -0.0974. The van der Waals surface area contributed by atoms with E-state index in [-0.39, 0.29) is 11.4 Å². The summed E-state index contributed by atoms with van der Waals surface area (Å²) in [5.74, 6) is 0.586. The molecule has 6 nitrogen and oxygen atoms in total. The van der Waals surface area contributed by atoms with Crippen molar-refractivity contribution in [2.45, 2.75) is 6.92 Å². The third-order valence-electron chi connectivity index (χ3n) is 2.33. The molecule has 2 rings (SSSR count). The van der Waals surface area contributed by atoms with Gasteiger partial charge in [0.05, 0.1) is 19.4 Å². The zero-order valence-corrected chi connectivity index (χ0v) is 8.54. The minimum Gasteiger partial charge on any atom is -0.380 e. The molecule has 3 N–H and O–H groups in total. The van der Waals surface area contributed by atoms with E-state index in [2.05, 4.69) is 27.8 Å². The van der Waals surface area contributed by atoms with Gasteiger partial charge in [0.2, 0.25) is 0 Å². The summed E-state index contributed by atoms with van der Waals surface area (Å²) in [6.07, 6.45) is 1.58. The van der Waals surface area contributed by atoms with Crippen LogP contribution in [-0.4, -0.2) is 36.0 Å². The highest BCUT2D eigenvalue weighted by Gasteiger charge is 2.33. The SMILES string of the molecule is CC1(CNC(=O)Nc2ccn[nH]2)COC1. The van der Waals surface area contributed by atoms with Crippen LogP contribution in [0.25, 0.3) is 0 Å². The number of urea groups is 1. The van der Waals surface area contributed by atoms with Crippen LogP contribution in [-0.2, 0) is 4.74 Å². The number of hydrogen-bond donors (Lipinski definition) is 3. The Balaban J connectivity index is 1.73. The highest BCUT2D eigenvalue weighted by atomic mass is 16.5. The van der Waals surface area contributed by atoms with Gasteiger partial charge in [-0.3, -0.25) is 10.4 Å². The fourth-order valence-corrected chi connectivity index (χ4v) is 1.34. The predicted molar refractivity (Wildman–Crippen MR) is 54.5 cm³/mol. The van der Waals surface area contributed by atoms with Crippen LogP contribution in [0.3, 0.4) is 0 Å². The van der Waals surface area contributed by atoms with E-state index in [1.165, 1.54) is 0 Å². The summed E-state index contributed by atoms with van der Waals surface area (Å²) in [6, 6.07) is 1.46. The Bertz CT molecular complexity index is 332. The second kappa shape index (κ2) is 3.90. The molecule has 1 saturated heterocycles. The maximum atomic E-state index is 11.4. The van der Waals surface area contributed by atoms with Crippen molar-refractivity contribution in [1.82, 2.24) is 15.5 Å². The van der Waals surface area contributed by atoms with Gasteiger partial charge in [-0.25, -0.2) is 4.79 Å². The number of nitrogens with zero attached hydrogens (tertiary/aromatic N) is 1. The van der Waals surface area contributed by atoms with Crippen molar-refractivity contribution in [1.29, 1.82) is 0 Å². The van der Waals surface area contributed by atoms with Crippen molar-refractivity contribution in [3.8, 4) is 0 Å². The number of carbonyl (C=O) groups is 1. The van der Waals surface area contributed by atoms with Crippen molar-refractivity contribution in [2.24, 2.45) is 5.41 Å². The lowest BCUT2D eigenvalue weighted by atomic mass is 9.89. The summed E-state index contributed by atoms with van der Waals surface area (Å²) in [6.45, 7) is 4.11. The first-order chi connectivity index (χ1) is 7.18. The van der Waals surface area contributed by atoms with Crippen LogP contribution in [0.2, 0.25) is 0 Å². The van der Waals surface area contributed by atoms with E-state index >= 15 is 0 Å². The lowest BCUT2D eigenvalue weighted by Gasteiger charge is -2.37. The molecule has 15 heavy (non-hydrogen) atoms. The van der Waals surface area contributed by atoms with Crippen LogP contribution in [0, 0.1) is 5.41 Å². The molecule has 0 aromatic carbocycles. The molecule has 0 radical (unpaired) electrons. The number of hydrogen-bond acceptors (Lipinski definition) is 3. The molecule has 82 valence electrons. The number of carbonyl (C=O) groups excluding carboxylic acids is 1. The zero-order valence-electron chi connectivity index (χ0n) is 8.54. The predicted octanol–water partition coefficient (Wildman–Crippen LogP) is 0.568. The van der Waals surface area contributed by atoms with Gasteiger partial charge in [-0.1, -0.05) is 6.92 Å². The van der Waals surface area contributed by atoms with Crippen LogP contribution >= 0.6 is 0 Å². The van der Waals surface area contributed by atoms with Crippen molar-refractivity contribution < 1.29 is 9.53 Å². The van der Waals surface area contributed by atoms with Gasteiger partial charge < -0.3 is 10.1 Å². The number of rotatable bonds is 3. The maximum absolute atomic E-state index is 11.4. The van der Waals surface area contributed by atoms with E-state index in [0.717, 1.165) is 0 Å². The highest BCUT2D eigenvalue weighted by molar-refractivity contribution is 5.88. The minimum atomic E-state index is -0.229. The molecular weight excluding hydrogens is 196 g/mol. The maximum Gasteiger partial charge on any atom is 0.320 e. The largest absolute Gasteiger partial charge is 0.380 e. The Hall–Kier alpha value is -1.56. The van der Waals surface area contributed by atoms with Crippen molar-refractivity contribution in [2.75, 3.05) is 25.1 Å².